The molecule has 1 aromatic rings. The van der Waals surface area contributed by atoms with Gasteiger partial charge in [0.05, 0.1) is 11.4 Å². The molecule has 0 saturated carbocycles. The van der Waals surface area contributed by atoms with Crippen LogP contribution in [0.3, 0.4) is 0 Å². The predicted octanol–water partition coefficient (Wildman–Crippen LogP) is 0.686. The number of sulfonamides is 1. The number of fused-ring (bicyclic) bond motifs is 1. The van der Waals surface area contributed by atoms with E-state index in [1.54, 1.807) is 12.1 Å². The number of carbonyl (C=O) groups is 1. The Kier molecular flexibility index (Phi) is 3.52. The number of nitrogens with zero attached hydrogens (tertiary/aromatic N) is 1. The van der Waals surface area contributed by atoms with Crippen molar-refractivity contribution in [3.8, 4) is 0 Å². The SMILES string of the molecule is O=C1CN(S(=O)(=O)c2ccc3c(c2)CCC3)CCCN1. The number of amides is 1. The molecule has 108 valence electrons. The highest BCUT2D eigenvalue weighted by molar-refractivity contribution is 7.89. The third-order valence-electron chi connectivity index (χ3n) is 3.93. The molecule has 1 N–H and O–H groups in total. The average Bonchev–Trinajstić information content (AvgIpc) is 2.78. The quantitative estimate of drug-likeness (QED) is 0.872. The summed E-state index contributed by atoms with van der Waals surface area (Å²) in [5, 5.41) is 2.69. The first-order valence-electron chi connectivity index (χ1n) is 6.96. The zero-order valence-electron chi connectivity index (χ0n) is 11.3. The first-order valence-corrected chi connectivity index (χ1v) is 8.40. The molecule has 0 spiro atoms. The van der Waals surface area contributed by atoms with Crippen molar-refractivity contribution in [1.82, 2.24) is 9.62 Å². The van der Waals surface area contributed by atoms with Gasteiger partial charge in [-0.05, 0) is 48.9 Å². The maximum absolute atomic E-state index is 12.6. The van der Waals surface area contributed by atoms with Gasteiger partial charge in [0, 0.05) is 13.1 Å². The number of hydrogen-bond acceptors (Lipinski definition) is 3. The molecule has 3 rings (SSSR count). The Balaban J connectivity index is 1.92. The molecule has 6 heteroatoms. The summed E-state index contributed by atoms with van der Waals surface area (Å²) >= 11 is 0. The van der Waals surface area contributed by atoms with Crippen LogP contribution in [0, 0.1) is 0 Å². The Morgan fingerprint density at radius 2 is 1.90 bits per heavy atom. The van der Waals surface area contributed by atoms with E-state index < -0.39 is 10.0 Å². The second-order valence-corrected chi connectivity index (χ2v) is 7.26. The Labute approximate surface area is 119 Å². The zero-order chi connectivity index (χ0) is 14.2. The summed E-state index contributed by atoms with van der Waals surface area (Å²) in [7, 11) is -3.57. The number of carbonyl (C=O) groups excluding carboxylic acids is 1. The highest BCUT2D eigenvalue weighted by Crippen LogP contribution is 2.26. The van der Waals surface area contributed by atoms with Crippen LogP contribution in [-0.2, 0) is 27.7 Å². The summed E-state index contributed by atoms with van der Waals surface area (Å²) < 4.78 is 26.5. The van der Waals surface area contributed by atoms with Crippen molar-refractivity contribution in [2.75, 3.05) is 19.6 Å². The second kappa shape index (κ2) is 5.18. The average molecular weight is 294 g/mol. The fraction of sp³-hybridized carbons (Fsp3) is 0.500. The maximum atomic E-state index is 12.6. The lowest BCUT2D eigenvalue weighted by molar-refractivity contribution is -0.120. The van der Waals surface area contributed by atoms with E-state index in [1.807, 2.05) is 6.07 Å². The van der Waals surface area contributed by atoms with Crippen LogP contribution < -0.4 is 5.32 Å². The summed E-state index contributed by atoms with van der Waals surface area (Å²) in [6.45, 7) is 0.840. The largest absolute Gasteiger partial charge is 0.355 e. The van der Waals surface area contributed by atoms with Crippen LogP contribution in [0.2, 0.25) is 0 Å². The summed E-state index contributed by atoms with van der Waals surface area (Å²) in [6.07, 6.45) is 3.71. The number of hydrogen-bond donors (Lipinski definition) is 1. The van der Waals surface area contributed by atoms with Crippen molar-refractivity contribution < 1.29 is 13.2 Å². The number of benzene rings is 1. The summed E-state index contributed by atoms with van der Waals surface area (Å²) in [6, 6.07) is 5.36. The topological polar surface area (TPSA) is 66.5 Å². The Morgan fingerprint density at radius 3 is 2.75 bits per heavy atom. The smallest absolute Gasteiger partial charge is 0.243 e. The molecule has 5 nitrogen and oxygen atoms in total. The maximum Gasteiger partial charge on any atom is 0.243 e. The minimum absolute atomic E-state index is 0.0839. The van der Waals surface area contributed by atoms with Crippen LogP contribution in [0.1, 0.15) is 24.0 Å². The minimum atomic E-state index is -3.57. The van der Waals surface area contributed by atoms with E-state index in [0.29, 0.717) is 24.4 Å². The van der Waals surface area contributed by atoms with Gasteiger partial charge in [-0.15, -0.1) is 0 Å². The second-order valence-electron chi connectivity index (χ2n) is 5.33. The minimum Gasteiger partial charge on any atom is -0.355 e. The van der Waals surface area contributed by atoms with Crippen LogP contribution in [0.15, 0.2) is 23.1 Å². The molecule has 0 atom stereocenters. The zero-order valence-corrected chi connectivity index (χ0v) is 12.1. The number of rotatable bonds is 2. The van der Waals surface area contributed by atoms with Gasteiger partial charge in [0.25, 0.3) is 0 Å². The molecule has 1 aliphatic carbocycles. The highest BCUT2D eigenvalue weighted by atomic mass is 32.2. The molecular formula is C14H18N2O3S. The molecule has 1 amide bonds. The molecule has 2 aliphatic rings. The summed E-state index contributed by atoms with van der Waals surface area (Å²) in [5.41, 5.74) is 2.38. The Bertz CT molecular complexity index is 640. The van der Waals surface area contributed by atoms with Crippen molar-refractivity contribution in [1.29, 1.82) is 0 Å². The van der Waals surface area contributed by atoms with E-state index >= 15 is 0 Å². The lowest BCUT2D eigenvalue weighted by Crippen LogP contribution is -2.37. The van der Waals surface area contributed by atoms with Gasteiger partial charge in [-0.2, -0.15) is 4.31 Å². The fourth-order valence-corrected chi connectivity index (χ4v) is 4.33. The number of aryl methyl sites for hydroxylation is 2. The molecule has 1 aliphatic heterocycles. The van der Waals surface area contributed by atoms with Crippen molar-refractivity contribution in [3.63, 3.8) is 0 Å². The van der Waals surface area contributed by atoms with E-state index in [-0.39, 0.29) is 12.5 Å². The van der Waals surface area contributed by atoms with Crippen molar-refractivity contribution >= 4 is 15.9 Å². The van der Waals surface area contributed by atoms with Gasteiger partial charge in [-0.1, -0.05) is 6.07 Å². The summed E-state index contributed by atoms with van der Waals surface area (Å²) in [5.74, 6) is -0.229. The van der Waals surface area contributed by atoms with Gasteiger partial charge >= 0.3 is 0 Å². The lowest BCUT2D eigenvalue weighted by Gasteiger charge is -2.19. The van der Waals surface area contributed by atoms with E-state index in [1.165, 1.54) is 9.87 Å². The molecule has 1 saturated heterocycles. The third-order valence-corrected chi connectivity index (χ3v) is 5.78. The van der Waals surface area contributed by atoms with Crippen LogP contribution >= 0.6 is 0 Å². The molecule has 1 heterocycles. The van der Waals surface area contributed by atoms with E-state index in [4.69, 9.17) is 0 Å². The third kappa shape index (κ3) is 2.45. The van der Waals surface area contributed by atoms with Crippen LogP contribution in [0.5, 0.6) is 0 Å². The lowest BCUT2D eigenvalue weighted by atomic mass is 10.1. The van der Waals surface area contributed by atoms with E-state index in [0.717, 1.165) is 24.8 Å². The van der Waals surface area contributed by atoms with Gasteiger partial charge in [0.2, 0.25) is 15.9 Å². The predicted molar refractivity (Wildman–Crippen MR) is 74.9 cm³/mol. The van der Waals surface area contributed by atoms with Gasteiger partial charge in [-0.25, -0.2) is 8.42 Å². The molecule has 0 bridgehead atoms. The Hall–Kier alpha value is -1.40. The Morgan fingerprint density at radius 1 is 1.10 bits per heavy atom. The van der Waals surface area contributed by atoms with Crippen molar-refractivity contribution in [3.05, 3.63) is 29.3 Å². The van der Waals surface area contributed by atoms with Crippen LogP contribution in [0.25, 0.3) is 0 Å². The van der Waals surface area contributed by atoms with Gasteiger partial charge in [-0.3, -0.25) is 4.79 Å². The highest BCUT2D eigenvalue weighted by Gasteiger charge is 2.28. The van der Waals surface area contributed by atoms with Crippen molar-refractivity contribution in [2.45, 2.75) is 30.6 Å². The van der Waals surface area contributed by atoms with Gasteiger partial charge < -0.3 is 5.32 Å². The molecular weight excluding hydrogens is 276 g/mol. The van der Waals surface area contributed by atoms with Crippen molar-refractivity contribution in [2.24, 2.45) is 0 Å². The standard InChI is InChI=1S/C14H18N2O3S/c17-14-10-16(8-2-7-15-14)20(18,19)13-6-5-11-3-1-4-12(11)9-13/h5-6,9H,1-4,7-8,10H2,(H,15,17). The molecule has 1 fully saturated rings. The number of nitrogens with one attached hydrogen (secondary N) is 1. The van der Waals surface area contributed by atoms with Gasteiger partial charge in [0.1, 0.15) is 0 Å². The van der Waals surface area contributed by atoms with E-state index in [9.17, 15) is 13.2 Å². The normalized spacial score (nSPS) is 20.3. The first-order chi connectivity index (χ1) is 9.57. The van der Waals surface area contributed by atoms with Gasteiger partial charge in [0.15, 0.2) is 0 Å². The molecule has 1 aromatic carbocycles. The molecule has 0 aromatic heterocycles. The molecule has 0 radical (unpaired) electrons. The first kappa shape index (κ1) is 13.6. The summed E-state index contributed by atoms with van der Waals surface area (Å²) in [4.78, 5) is 11.9. The fourth-order valence-electron chi connectivity index (χ4n) is 2.84. The van der Waals surface area contributed by atoms with E-state index in [2.05, 4.69) is 5.32 Å². The van der Waals surface area contributed by atoms with Crippen LogP contribution in [0.4, 0.5) is 0 Å². The molecule has 20 heavy (non-hydrogen) atoms. The van der Waals surface area contributed by atoms with Crippen LogP contribution in [-0.4, -0.2) is 38.3 Å². The molecule has 0 unspecified atom stereocenters. The monoisotopic (exact) mass is 294 g/mol.